The van der Waals surface area contributed by atoms with Gasteiger partial charge in [0.05, 0.1) is 10.3 Å². The van der Waals surface area contributed by atoms with Crippen LogP contribution in [0.1, 0.15) is 38.2 Å². The number of anilines is 1. The van der Waals surface area contributed by atoms with E-state index in [1.807, 2.05) is 61.5 Å². The smallest absolute Gasteiger partial charge is 0.243 e. The van der Waals surface area contributed by atoms with E-state index in [9.17, 15) is 13.2 Å². The zero-order valence-corrected chi connectivity index (χ0v) is 20.9. The standard InChI is InChI=1S/C28H28N2O5S/c1-19-4-3-15-30(19)36(32,33)24-10-7-20(8-11-24)21-5-2-6-23(16-21)29-27(31)28(13-14-28)22-9-12-25-26(17-22)35-18-34-25/h2,5-12,16-17,19H,3-4,13-15,18H2,1H3,(H,29,31). The first-order valence-electron chi connectivity index (χ1n) is 12.3. The minimum atomic E-state index is -3.49. The Kier molecular flexibility index (Phi) is 5.53. The SMILES string of the molecule is CC1CCCN1S(=O)(=O)c1ccc(-c2cccc(NC(=O)C3(c4ccc5c(c4)OCO5)CC3)c2)cc1. The third kappa shape index (κ3) is 3.94. The highest BCUT2D eigenvalue weighted by molar-refractivity contribution is 7.89. The molecule has 0 bridgehead atoms. The van der Waals surface area contributed by atoms with Crippen LogP contribution >= 0.6 is 0 Å². The van der Waals surface area contributed by atoms with Crippen molar-refractivity contribution in [2.24, 2.45) is 0 Å². The van der Waals surface area contributed by atoms with Gasteiger partial charge in [-0.05, 0) is 85.7 Å². The van der Waals surface area contributed by atoms with Gasteiger partial charge < -0.3 is 14.8 Å². The molecule has 0 spiro atoms. The predicted molar refractivity (Wildman–Crippen MR) is 137 cm³/mol. The number of benzene rings is 3. The van der Waals surface area contributed by atoms with Gasteiger partial charge in [0.25, 0.3) is 0 Å². The monoisotopic (exact) mass is 504 g/mol. The molecule has 6 rings (SSSR count). The summed E-state index contributed by atoms with van der Waals surface area (Å²) in [5, 5.41) is 3.09. The van der Waals surface area contributed by atoms with Crippen molar-refractivity contribution in [3.63, 3.8) is 0 Å². The van der Waals surface area contributed by atoms with Crippen molar-refractivity contribution in [1.82, 2.24) is 4.31 Å². The first-order chi connectivity index (χ1) is 17.4. The number of hydrogen-bond acceptors (Lipinski definition) is 5. The highest BCUT2D eigenvalue weighted by Gasteiger charge is 2.51. The Morgan fingerprint density at radius 3 is 2.47 bits per heavy atom. The van der Waals surface area contributed by atoms with E-state index < -0.39 is 15.4 Å². The molecule has 0 radical (unpaired) electrons. The van der Waals surface area contributed by atoms with E-state index in [4.69, 9.17) is 9.47 Å². The zero-order chi connectivity index (χ0) is 24.9. The van der Waals surface area contributed by atoms with Crippen LogP contribution in [0.3, 0.4) is 0 Å². The number of sulfonamides is 1. The van der Waals surface area contributed by atoms with E-state index in [1.165, 1.54) is 0 Å². The maximum atomic E-state index is 13.3. The minimum Gasteiger partial charge on any atom is -0.454 e. The van der Waals surface area contributed by atoms with Crippen molar-refractivity contribution >= 4 is 21.6 Å². The molecule has 1 unspecified atom stereocenters. The van der Waals surface area contributed by atoms with Crippen molar-refractivity contribution < 1.29 is 22.7 Å². The largest absolute Gasteiger partial charge is 0.454 e. The van der Waals surface area contributed by atoms with Crippen LogP contribution in [0, 0.1) is 0 Å². The van der Waals surface area contributed by atoms with Gasteiger partial charge in [0.1, 0.15) is 0 Å². The van der Waals surface area contributed by atoms with E-state index in [-0.39, 0.29) is 18.7 Å². The Balaban J connectivity index is 1.20. The highest BCUT2D eigenvalue weighted by Crippen LogP contribution is 2.51. The number of hydrogen-bond donors (Lipinski definition) is 1. The molecule has 2 fully saturated rings. The van der Waals surface area contributed by atoms with E-state index >= 15 is 0 Å². The quantitative estimate of drug-likeness (QED) is 0.515. The Hall–Kier alpha value is -3.36. The highest BCUT2D eigenvalue weighted by atomic mass is 32.2. The van der Waals surface area contributed by atoms with Crippen molar-refractivity contribution in [1.29, 1.82) is 0 Å². The summed E-state index contributed by atoms with van der Waals surface area (Å²) in [6.07, 6.45) is 3.35. The lowest BCUT2D eigenvalue weighted by Crippen LogP contribution is -2.33. The average molecular weight is 505 g/mol. The molecule has 8 heteroatoms. The molecular formula is C28H28N2O5S. The zero-order valence-electron chi connectivity index (χ0n) is 20.1. The first kappa shape index (κ1) is 23.1. The summed E-state index contributed by atoms with van der Waals surface area (Å²) in [5.74, 6) is 1.34. The summed E-state index contributed by atoms with van der Waals surface area (Å²) in [6.45, 7) is 2.73. The van der Waals surface area contributed by atoms with Gasteiger partial charge in [-0.2, -0.15) is 4.31 Å². The number of nitrogens with one attached hydrogen (secondary N) is 1. The van der Waals surface area contributed by atoms with E-state index in [0.717, 1.165) is 42.4 Å². The molecule has 1 N–H and O–H groups in total. The molecule has 36 heavy (non-hydrogen) atoms. The van der Waals surface area contributed by atoms with Crippen LogP contribution < -0.4 is 14.8 Å². The molecule has 2 aliphatic heterocycles. The predicted octanol–water partition coefficient (Wildman–Crippen LogP) is 4.93. The fourth-order valence-electron chi connectivity index (χ4n) is 5.21. The van der Waals surface area contributed by atoms with E-state index in [1.54, 1.807) is 16.4 Å². The number of nitrogens with zero attached hydrogens (tertiary/aromatic N) is 1. The Morgan fingerprint density at radius 2 is 1.75 bits per heavy atom. The Labute approximate surface area is 211 Å². The van der Waals surface area contributed by atoms with Crippen LogP contribution in [0.25, 0.3) is 11.1 Å². The lowest BCUT2D eigenvalue weighted by atomic mass is 9.94. The molecule has 1 aliphatic carbocycles. The van der Waals surface area contributed by atoms with Crippen LogP contribution in [-0.4, -0.2) is 38.0 Å². The van der Waals surface area contributed by atoms with Gasteiger partial charge in [-0.25, -0.2) is 8.42 Å². The number of ether oxygens (including phenoxy) is 2. The number of carbonyl (C=O) groups excluding carboxylic acids is 1. The van der Waals surface area contributed by atoms with Crippen LogP contribution in [0.15, 0.2) is 71.6 Å². The second kappa shape index (κ2) is 8.64. The van der Waals surface area contributed by atoms with Crippen LogP contribution in [-0.2, 0) is 20.2 Å². The molecule has 3 aromatic rings. The van der Waals surface area contributed by atoms with Gasteiger partial charge in [-0.3, -0.25) is 4.79 Å². The molecule has 2 heterocycles. The van der Waals surface area contributed by atoms with Crippen molar-refractivity contribution in [3.05, 3.63) is 72.3 Å². The summed E-state index contributed by atoms with van der Waals surface area (Å²) in [5.41, 5.74) is 2.87. The lowest BCUT2D eigenvalue weighted by molar-refractivity contribution is -0.118. The van der Waals surface area contributed by atoms with Gasteiger partial charge >= 0.3 is 0 Å². The first-order valence-corrected chi connectivity index (χ1v) is 13.7. The molecule has 1 atom stereocenters. The summed E-state index contributed by atoms with van der Waals surface area (Å²) in [6, 6.07) is 20.3. The maximum Gasteiger partial charge on any atom is 0.243 e. The minimum absolute atomic E-state index is 0.0300. The lowest BCUT2D eigenvalue weighted by Gasteiger charge is -2.21. The molecule has 3 aliphatic rings. The fourth-order valence-corrected chi connectivity index (χ4v) is 6.91. The van der Waals surface area contributed by atoms with Gasteiger partial charge in [-0.15, -0.1) is 0 Å². The molecule has 186 valence electrons. The average Bonchev–Trinajstić information content (AvgIpc) is 3.36. The molecule has 7 nitrogen and oxygen atoms in total. The molecular weight excluding hydrogens is 476 g/mol. The topological polar surface area (TPSA) is 84.9 Å². The van der Waals surface area contributed by atoms with Gasteiger partial charge in [0.2, 0.25) is 22.7 Å². The van der Waals surface area contributed by atoms with Crippen molar-refractivity contribution in [2.75, 3.05) is 18.7 Å². The second-order valence-electron chi connectivity index (χ2n) is 9.82. The number of rotatable bonds is 6. The summed E-state index contributed by atoms with van der Waals surface area (Å²) in [7, 11) is -3.49. The van der Waals surface area contributed by atoms with Crippen molar-refractivity contribution in [3.8, 4) is 22.6 Å². The van der Waals surface area contributed by atoms with Crippen molar-refractivity contribution in [2.45, 2.75) is 49.0 Å². The third-order valence-electron chi connectivity index (χ3n) is 7.52. The molecule has 0 aromatic heterocycles. The van der Waals surface area contributed by atoms with Crippen LogP contribution in [0.5, 0.6) is 11.5 Å². The normalized spacial score (nSPS) is 20.3. The fraction of sp³-hybridized carbons (Fsp3) is 0.321. The van der Waals surface area contributed by atoms with E-state index in [0.29, 0.717) is 28.6 Å². The van der Waals surface area contributed by atoms with Gasteiger partial charge in [0.15, 0.2) is 11.5 Å². The molecule has 3 aromatic carbocycles. The summed E-state index contributed by atoms with van der Waals surface area (Å²) in [4.78, 5) is 13.6. The second-order valence-corrected chi connectivity index (χ2v) is 11.7. The number of amides is 1. The number of carbonyl (C=O) groups is 1. The summed E-state index contributed by atoms with van der Waals surface area (Å²) < 4.78 is 38.5. The maximum absolute atomic E-state index is 13.3. The Bertz CT molecular complexity index is 1430. The molecule has 1 saturated heterocycles. The van der Waals surface area contributed by atoms with Crippen LogP contribution in [0.4, 0.5) is 5.69 Å². The van der Waals surface area contributed by atoms with Gasteiger partial charge in [0, 0.05) is 18.3 Å². The van der Waals surface area contributed by atoms with Gasteiger partial charge in [-0.1, -0.05) is 30.3 Å². The molecule has 1 saturated carbocycles. The molecule has 1 amide bonds. The third-order valence-corrected chi connectivity index (χ3v) is 9.54. The Morgan fingerprint density at radius 1 is 0.972 bits per heavy atom. The summed E-state index contributed by atoms with van der Waals surface area (Å²) >= 11 is 0. The number of fused-ring (bicyclic) bond motifs is 1. The van der Waals surface area contributed by atoms with E-state index in [2.05, 4.69) is 5.32 Å². The van der Waals surface area contributed by atoms with Crippen LogP contribution in [0.2, 0.25) is 0 Å².